The Hall–Kier alpha value is -2.37. The molecule has 0 aliphatic carbocycles. The van der Waals surface area contributed by atoms with Gasteiger partial charge in [0, 0.05) is 44.4 Å². The number of aromatic nitrogens is 2. The van der Waals surface area contributed by atoms with E-state index in [9.17, 15) is 9.59 Å². The van der Waals surface area contributed by atoms with Crippen LogP contribution in [-0.2, 0) is 22.6 Å². The van der Waals surface area contributed by atoms with E-state index in [-0.39, 0.29) is 11.8 Å². The summed E-state index contributed by atoms with van der Waals surface area (Å²) in [5, 5.41) is 3.00. The lowest BCUT2D eigenvalue weighted by Crippen LogP contribution is -2.36. The van der Waals surface area contributed by atoms with Crippen LogP contribution in [0.2, 0.25) is 0 Å². The molecule has 0 radical (unpaired) electrons. The average molecular weight is 399 g/mol. The number of hydrogen-bond donors (Lipinski definition) is 1. The number of amides is 2. The number of carbonyl (C=O) groups excluding carboxylic acids is 2. The fourth-order valence-corrected chi connectivity index (χ4v) is 3.80. The van der Waals surface area contributed by atoms with Gasteiger partial charge < -0.3 is 14.8 Å². The number of fused-ring (bicyclic) bond motifs is 1. The van der Waals surface area contributed by atoms with Gasteiger partial charge >= 0.3 is 0 Å². The number of aryl methyl sites for hydroxylation is 1. The first-order valence-corrected chi connectivity index (χ1v) is 10.9. The van der Waals surface area contributed by atoms with Gasteiger partial charge in [0.25, 0.3) is 0 Å². The maximum atomic E-state index is 12.7. The monoisotopic (exact) mass is 398 g/mol. The van der Waals surface area contributed by atoms with Crippen molar-refractivity contribution in [3.8, 4) is 0 Å². The number of rotatable bonds is 6. The number of nitrogens with one attached hydrogen (secondary N) is 1. The van der Waals surface area contributed by atoms with Crippen molar-refractivity contribution in [1.29, 1.82) is 0 Å². The maximum Gasteiger partial charge on any atom is 0.225 e. The van der Waals surface area contributed by atoms with Gasteiger partial charge in [-0.2, -0.15) is 0 Å². The van der Waals surface area contributed by atoms with Gasteiger partial charge in [0.2, 0.25) is 11.8 Å². The average Bonchev–Trinajstić information content (AvgIpc) is 2.84. The van der Waals surface area contributed by atoms with Gasteiger partial charge in [-0.25, -0.2) is 4.98 Å². The summed E-state index contributed by atoms with van der Waals surface area (Å²) in [5.41, 5.74) is 1.58. The smallest absolute Gasteiger partial charge is 0.225 e. The Morgan fingerprint density at radius 3 is 2.45 bits per heavy atom. The molecule has 0 saturated carbocycles. The third-order valence-electron chi connectivity index (χ3n) is 5.56. The summed E-state index contributed by atoms with van der Waals surface area (Å²) in [5.74, 6) is 1.19. The molecule has 6 nitrogen and oxygen atoms in total. The first-order valence-electron chi connectivity index (χ1n) is 10.9. The van der Waals surface area contributed by atoms with Crippen LogP contribution in [0.1, 0.15) is 58.7 Å². The molecule has 0 spiro atoms. The molecular formula is C23H34N4O2. The van der Waals surface area contributed by atoms with Crippen molar-refractivity contribution < 1.29 is 9.59 Å². The Morgan fingerprint density at radius 2 is 1.76 bits per heavy atom. The van der Waals surface area contributed by atoms with Crippen LogP contribution >= 0.6 is 0 Å². The number of benzene rings is 1. The first-order chi connectivity index (χ1) is 13.9. The van der Waals surface area contributed by atoms with Crippen molar-refractivity contribution >= 4 is 22.8 Å². The van der Waals surface area contributed by atoms with Gasteiger partial charge in [-0.05, 0) is 25.0 Å². The molecule has 0 unspecified atom stereocenters. The van der Waals surface area contributed by atoms with E-state index in [1.807, 2.05) is 43.9 Å². The number of hydrogen-bond acceptors (Lipinski definition) is 3. The minimum absolute atomic E-state index is 0.0384. The van der Waals surface area contributed by atoms with Gasteiger partial charge in [0.05, 0.1) is 11.0 Å². The number of likely N-dealkylation sites (tertiary alicyclic amines) is 1. The Kier molecular flexibility index (Phi) is 6.93. The number of carbonyl (C=O) groups is 2. The van der Waals surface area contributed by atoms with Gasteiger partial charge in [0.15, 0.2) is 0 Å². The molecule has 2 amide bonds. The molecule has 1 fully saturated rings. The predicted molar refractivity (Wildman–Crippen MR) is 116 cm³/mol. The van der Waals surface area contributed by atoms with Crippen LogP contribution in [0, 0.1) is 5.41 Å². The second-order valence-electron chi connectivity index (χ2n) is 8.97. The van der Waals surface area contributed by atoms with Crippen LogP contribution in [0.25, 0.3) is 11.0 Å². The van der Waals surface area contributed by atoms with Crippen LogP contribution in [0.15, 0.2) is 24.3 Å². The molecule has 3 rings (SSSR count). The lowest BCUT2D eigenvalue weighted by molar-refractivity contribution is -0.131. The highest BCUT2D eigenvalue weighted by Gasteiger charge is 2.21. The van der Waals surface area contributed by atoms with Crippen molar-refractivity contribution in [1.82, 2.24) is 19.8 Å². The lowest BCUT2D eigenvalue weighted by atomic mass is 9.96. The summed E-state index contributed by atoms with van der Waals surface area (Å²) < 4.78 is 2.15. The molecule has 1 saturated heterocycles. The zero-order chi connectivity index (χ0) is 20.9. The summed E-state index contributed by atoms with van der Waals surface area (Å²) >= 11 is 0. The summed E-state index contributed by atoms with van der Waals surface area (Å²) in [6.45, 7) is 8.66. The number of nitrogens with zero attached hydrogens (tertiary/aromatic N) is 3. The van der Waals surface area contributed by atoms with E-state index in [2.05, 4.69) is 16.0 Å². The second-order valence-corrected chi connectivity index (χ2v) is 8.97. The molecule has 2 heterocycles. The predicted octanol–water partition coefficient (Wildman–Crippen LogP) is 3.53. The van der Waals surface area contributed by atoms with Crippen LogP contribution in [-0.4, -0.2) is 45.9 Å². The van der Waals surface area contributed by atoms with Crippen molar-refractivity contribution in [2.75, 3.05) is 19.6 Å². The zero-order valence-corrected chi connectivity index (χ0v) is 18.0. The van der Waals surface area contributed by atoms with Crippen molar-refractivity contribution in [3.63, 3.8) is 0 Å². The Labute approximate surface area is 173 Å². The molecule has 1 aromatic heterocycles. The van der Waals surface area contributed by atoms with Gasteiger partial charge in [-0.3, -0.25) is 9.59 Å². The molecular weight excluding hydrogens is 364 g/mol. The van der Waals surface area contributed by atoms with Crippen LogP contribution in [0.5, 0.6) is 0 Å². The SMILES string of the molecule is CC(C)(C)C(=O)NCCc1nc2ccccc2n1CCC(=O)N1CCCCCC1. The van der Waals surface area contributed by atoms with Crippen LogP contribution in [0.4, 0.5) is 0 Å². The third kappa shape index (κ3) is 5.58. The maximum absolute atomic E-state index is 12.7. The number of imidazole rings is 1. The van der Waals surface area contributed by atoms with E-state index in [1.165, 1.54) is 12.8 Å². The molecule has 158 valence electrons. The number of para-hydroxylation sites is 2. The van der Waals surface area contributed by atoms with E-state index in [0.29, 0.717) is 25.9 Å². The van der Waals surface area contributed by atoms with Crippen molar-refractivity contribution in [2.24, 2.45) is 5.41 Å². The Bertz CT molecular complexity index is 842. The minimum atomic E-state index is -0.403. The quantitative estimate of drug-likeness (QED) is 0.809. The van der Waals surface area contributed by atoms with E-state index in [1.54, 1.807) is 0 Å². The molecule has 0 atom stereocenters. The third-order valence-corrected chi connectivity index (χ3v) is 5.56. The minimum Gasteiger partial charge on any atom is -0.355 e. The molecule has 6 heteroatoms. The van der Waals surface area contributed by atoms with Crippen molar-refractivity contribution in [3.05, 3.63) is 30.1 Å². The van der Waals surface area contributed by atoms with E-state index in [0.717, 1.165) is 42.8 Å². The fraction of sp³-hybridized carbons (Fsp3) is 0.609. The van der Waals surface area contributed by atoms with E-state index < -0.39 is 5.41 Å². The summed E-state index contributed by atoms with van der Waals surface area (Å²) in [6.07, 6.45) is 5.80. The highest BCUT2D eigenvalue weighted by Crippen LogP contribution is 2.18. The Morgan fingerprint density at radius 1 is 1.07 bits per heavy atom. The van der Waals surface area contributed by atoms with Crippen LogP contribution in [0.3, 0.4) is 0 Å². The second kappa shape index (κ2) is 9.42. The summed E-state index contributed by atoms with van der Waals surface area (Å²) in [4.78, 5) is 31.7. The molecule has 1 N–H and O–H groups in total. The van der Waals surface area contributed by atoms with Gasteiger partial charge in [-0.1, -0.05) is 45.7 Å². The highest BCUT2D eigenvalue weighted by molar-refractivity contribution is 5.81. The van der Waals surface area contributed by atoms with Gasteiger partial charge in [-0.15, -0.1) is 0 Å². The summed E-state index contributed by atoms with van der Waals surface area (Å²) in [6, 6.07) is 8.03. The molecule has 1 aliphatic heterocycles. The van der Waals surface area contributed by atoms with E-state index in [4.69, 9.17) is 4.98 Å². The molecule has 1 aromatic carbocycles. The standard InChI is InChI=1S/C23H34N4O2/c1-23(2,3)22(29)24-14-12-20-25-18-10-6-7-11-19(18)27(20)17-13-21(28)26-15-8-4-5-9-16-26/h6-7,10-11H,4-5,8-9,12-17H2,1-3H3,(H,24,29). The lowest BCUT2D eigenvalue weighted by Gasteiger charge is -2.21. The largest absolute Gasteiger partial charge is 0.355 e. The summed E-state index contributed by atoms with van der Waals surface area (Å²) in [7, 11) is 0. The topological polar surface area (TPSA) is 67.2 Å². The van der Waals surface area contributed by atoms with Gasteiger partial charge in [0.1, 0.15) is 5.82 Å². The molecule has 29 heavy (non-hydrogen) atoms. The fourth-order valence-electron chi connectivity index (χ4n) is 3.80. The molecule has 1 aliphatic rings. The molecule has 0 bridgehead atoms. The zero-order valence-electron chi connectivity index (χ0n) is 18.0. The van der Waals surface area contributed by atoms with E-state index >= 15 is 0 Å². The normalized spacial score (nSPS) is 15.3. The highest BCUT2D eigenvalue weighted by atomic mass is 16.2. The Balaban J connectivity index is 1.68. The first kappa shape index (κ1) is 21.3. The van der Waals surface area contributed by atoms with Crippen LogP contribution < -0.4 is 5.32 Å². The van der Waals surface area contributed by atoms with Crippen molar-refractivity contribution in [2.45, 2.75) is 65.8 Å². The molecule has 2 aromatic rings.